The largest absolute Gasteiger partial charge is 0.445 e. The topological polar surface area (TPSA) is 58.4 Å². The van der Waals surface area contributed by atoms with Gasteiger partial charge in [-0.15, -0.1) is 0 Å². The minimum absolute atomic E-state index is 0.0529. The van der Waals surface area contributed by atoms with Crippen molar-refractivity contribution in [2.24, 2.45) is 0 Å². The van der Waals surface area contributed by atoms with Crippen molar-refractivity contribution in [2.75, 3.05) is 13.1 Å². The van der Waals surface area contributed by atoms with Crippen molar-refractivity contribution >= 4 is 5.91 Å². The average Bonchev–Trinajstić information content (AvgIpc) is 2.61. The van der Waals surface area contributed by atoms with Crippen molar-refractivity contribution in [1.82, 2.24) is 15.2 Å². The van der Waals surface area contributed by atoms with Crippen LogP contribution < -0.4 is 5.32 Å². The fourth-order valence-electron chi connectivity index (χ4n) is 2.24. The summed E-state index contributed by atoms with van der Waals surface area (Å²) in [5, 5.41) is 2.94. The summed E-state index contributed by atoms with van der Waals surface area (Å²) in [6, 6.07) is -0.0529. The molecule has 1 aromatic heterocycles. The molecular weight excluding hydrogens is 218 g/mol. The third kappa shape index (κ3) is 2.85. The van der Waals surface area contributed by atoms with Crippen molar-refractivity contribution in [3.63, 3.8) is 0 Å². The molecule has 0 spiro atoms. The van der Waals surface area contributed by atoms with Crippen LogP contribution in [-0.4, -0.2) is 34.9 Å². The maximum Gasteiger partial charge on any atom is 0.237 e. The Hall–Kier alpha value is -1.36. The summed E-state index contributed by atoms with van der Waals surface area (Å²) in [5.41, 5.74) is 0. The summed E-state index contributed by atoms with van der Waals surface area (Å²) >= 11 is 0. The molecule has 1 saturated heterocycles. The van der Waals surface area contributed by atoms with Crippen molar-refractivity contribution < 1.29 is 9.21 Å². The fraction of sp³-hybridized carbons (Fsp3) is 0.667. The van der Waals surface area contributed by atoms with Gasteiger partial charge in [0.15, 0.2) is 5.89 Å². The van der Waals surface area contributed by atoms with Crippen molar-refractivity contribution in [1.29, 1.82) is 0 Å². The summed E-state index contributed by atoms with van der Waals surface area (Å²) in [7, 11) is 0. The first-order valence-corrected chi connectivity index (χ1v) is 6.13. The molecule has 1 atom stereocenters. The molecule has 0 bridgehead atoms. The lowest BCUT2D eigenvalue weighted by Gasteiger charge is -2.26. The van der Waals surface area contributed by atoms with E-state index >= 15 is 0 Å². The second-order valence-electron chi connectivity index (χ2n) is 4.38. The van der Waals surface area contributed by atoms with Crippen LogP contribution in [0.5, 0.6) is 0 Å². The predicted molar refractivity (Wildman–Crippen MR) is 63.4 cm³/mol. The van der Waals surface area contributed by atoms with Gasteiger partial charge >= 0.3 is 0 Å². The minimum Gasteiger partial charge on any atom is -0.445 e. The third-order valence-electron chi connectivity index (χ3n) is 3.08. The van der Waals surface area contributed by atoms with Crippen molar-refractivity contribution in [3.8, 4) is 0 Å². The first-order valence-electron chi connectivity index (χ1n) is 6.13. The molecule has 17 heavy (non-hydrogen) atoms. The molecule has 5 nitrogen and oxygen atoms in total. The molecule has 0 unspecified atom stereocenters. The molecule has 1 aliphatic rings. The lowest BCUT2D eigenvalue weighted by Crippen LogP contribution is -2.43. The van der Waals surface area contributed by atoms with Crippen molar-refractivity contribution in [3.05, 3.63) is 17.8 Å². The maximum absolute atomic E-state index is 11.9. The zero-order chi connectivity index (χ0) is 12.3. The van der Waals surface area contributed by atoms with Gasteiger partial charge in [0.1, 0.15) is 5.76 Å². The molecule has 1 aliphatic heterocycles. The van der Waals surface area contributed by atoms with Crippen LogP contribution in [0.1, 0.15) is 31.4 Å². The van der Waals surface area contributed by atoms with E-state index in [1.807, 2.05) is 13.8 Å². The highest BCUT2D eigenvalue weighted by Crippen LogP contribution is 2.14. The number of nitrogens with one attached hydrogen (secondary N) is 1. The number of aromatic nitrogens is 1. The molecule has 2 heterocycles. The number of nitrogens with zero attached hydrogens (tertiary/aromatic N) is 2. The molecular formula is C12H19N3O2. The van der Waals surface area contributed by atoms with E-state index in [9.17, 15) is 4.79 Å². The number of hydrogen-bond acceptors (Lipinski definition) is 4. The number of oxazole rings is 1. The SMILES string of the molecule is CC[C@H]1C(=O)NCCCN1Cc1cnc(C)o1. The van der Waals surface area contributed by atoms with Gasteiger partial charge in [-0.3, -0.25) is 9.69 Å². The number of rotatable bonds is 3. The molecule has 1 N–H and O–H groups in total. The molecule has 0 aromatic carbocycles. The van der Waals surface area contributed by atoms with Gasteiger partial charge < -0.3 is 9.73 Å². The van der Waals surface area contributed by atoms with Gasteiger partial charge in [0, 0.05) is 20.0 Å². The second kappa shape index (κ2) is 5.31. The first-order chi connectivity index (χ1) is 8.20. The second-order valence-corrected chi connectivity index (χ2v) is 4.38. The minimum atomic E-state index is -0.0529. The third-order valence-corrected chi connectivity index (χ3v) is 3.08. The zero-order valence-corrected chi connectivity index (χ0v) is 10.4. The Morgan fingerprint density at radius 2 is 2.47 bits per heavy atom. The van der Waals surface area contributed by atoms with Gasteiger partial charge in [0.25, 0.3) is 0 Å². The number of hydrogen-bond donors (Lipinski definition) is 1. The number of amides is 1. The van der Waals surface area contributed by atoms with Crippen LogP contribution in [0.25, 0.3) is 0 Å². The van der Waals surface area contributed by atoms with Gasteiger partial charge in [-0.2, -0.15) is 0 Å². The molecule has 0 radical (unpaired) electrons. The van der Waals surface area contributed by atoms with Crippen LogP contribution in [-0.2, 0) is 11.3 Å². The molecule has 1 aromatic rings. The Morgan fingerprint density at radius 1 is 1.65 bits per heavy atom. The summed E-state index contributed by atoms with van der Waals surface area (Å²) in [6.07, 6.45) is 3.54. The van der Waals surface area contributed by atoms with Gasteiger partial charge in [0.05, 0.1) is 18.8 Å². The number of carbonyl (C=O) groups excluding carboxylic acids is 1. The average molecular weight is 237 g/mol. The first kappa shape index (κ1) is 12.1. The summed E-state index contributed by atoms with van der Waals surface area (Å²) in [4.78, 5) is 18.1. The lowest BCUT2D eigenvalue weighted by molar-refractivity contribution is -0.125. The number of carbonyl (C=O) groups is 1. The van der Waals surface area contributed by atoms with Crippen LogP contribution >= 0.6 is 0 Å². The fourth-order valence-corrected chi connectivity index (χ4v) is 2.24. The van der Waals surface area contributed by atoms with Gasteiger partial charge in [-0.25, -0.2) is 4.98 Å². The van der Waals surface area contributed by atoms with E-state index in [1.165, 1.54) is 0 Å². The quantitative estimate of drug-likeness (QED) is 0.854. The Balaban J connectivity index is 2.08. The lowest BCUT2D eigenvalue weighted by atomic mass is 10.1. The molecule has 2 rings (SSSR count). The summed E-state index contributed by atoms with van der Waals surface area (Å²) in [5.74, 6) is 1.63. The number of aryl methyl sites for hydroxylation is 1. The summed E-state index contributed by atoms with van der Waals surface area (Å²) < 4.78 is 5.47. The van der Waals surface area contributed by atoms with Crippen LogP contribution in [0.2, 0.25) is 0 Å². The molecule has 94 valence electrons. The van der Waals surface area contributed by atoms with Crippen LogP contribution in [0.3, 0.4) is 0 Å². The highest BCUT2D eigenvalue weighted by atomic mass is 16.4. The monoisotopic (exact) mass is 237 g/mol. The van der Waals surface area contributed by atoms with E-state index in [4.69, 9.17) is 4.42 Å². The standard InChI is InChI=1S/C12H19N3O2/c1-3-11-12(16)13-5-4-6-15(11)8-10-7-14-9(2)17-10/h7,11H,3-6,8H2,1-2H3,(H,13,16)/t11-/m0/s1. The summed E-state index contributed by atoms with van der Waals surface area (Å²) in [6.45, 7) is 6.20. The van der Waals surface area contributed by atoms with Gasteiger partial charge in [0.2, 0.25) is 5.91 Å². The van der Waals surface area contributed by atoms with Crippen LogP contribution in [0, 0.1) is 6.92 Å². The Labute approximate surface area is 101 Å². The normalized spacial score (nSPS) is 22.2. The highest BCUT2D eigenvalue weighted by molar-refractivity contribution is 5.81. The van der Waals surface area contributed by atoms with E-state index in [1.54, 1.807) is 6.20 Å². The van der Waals surface area contributed by atoms with Crippen molar-refractivity contribution in [2.45, 2.75) is 39.3 Å². The van der Waals surface area contributed by atoms with E-state index in [0.717, 1.165) is 31.7 Å². The molecule has 0 aliphatic carbocycles. The van der Waals surface area contributed by atoms with Crippen LogP contribution in [0.15, 0.2) is 10.6 Å². The van der Waals surface area contributed by atoms with E-state index < -0.39 is 0 Å². The Morgan fingerprint density at radius 3 is 3.12 bits per heavy atom. The molecule has 1 fully saturated rings. The highest BCUT2D eigenvalue weighted by Gasteiger charge is 2.27. The van der Waals surface area contributed by atoms with E-state index in [-0.39, 0.29) is 11.9 Å². The Bertz CT molecular complexity index is 389. The maximum atomic E-state index is 11.9. The van der Waals surface area contributed by atoms with Gasteiger partial charge in [-0.05, 0) is 12.8 Å². The molecule has 1 amide bonds. The van der Waals surface area contributed by atoms with Crippen LogP contribution in [0.4, 0.5) is 0 Å². The predicted octanol–water partition coefficient (Wildman–Crippen LogP) is 1.08. The molecule has 5 heteroatoms. The smallest absolute Gasteiger partial charge is 0.237 e. The molecule has 0 saturated carbocycles. The Kier molecular flexibility index (Phi) is 3.78. The zero-order valence-electron chi connectivity index (χ0n) is 10.4. The van der Waals surface area contributed by atoms with Gasteiger partial charge in [-0.1, -0.05) is 6.92 Å². The van der Waals surface area contributed by atoms with E-state index in [0.29, 0.717) is 12.4 Å². The van der Waals surface area contributed by atoms with E-state index in [2.05, 4.69) is 15.2 Å².